The van der Waals surface area contributed by atoms with Crippen molar-refractivity contribution in [2.45, 2.75) is 32.2 Å². The van der Waals surface area contributed by atoms with Crippen LogP contribution < -0.4 is 10.0 Å². The molecule has 6 heteroatoms. The summed E-state index contributed by atoms with van der Waals surface area (Å²) in [7, 11) is -3.42. The van der Waals surface area contributed by atoms with Crippen molar-refractivity contribution in [3.05, 3.63) is 77.4 Å². The molecule has 0 aliphatic carbocycles. The van der Waals surface area contributed by atoms with Crippen molar-refractivity contribution in [3.8, 4) is 0 Å². The summed E-state index contributed by atoms with van der Waals surface area (Å²) in [6.45, 7) is 3.83. The first-order valence-electron chi connectivity index (χ1n) is 8.43. The third-order valence-corrected chi connectivity index (χ3v) is 5.08. The SMILES string of the molecule is CC(C)NS(=O)(=O)Cc1ccccc1CNC(=O)/C=C/c1ccccc1. The van der Waals surface area contributed by atoms with Gasteiger partial charge in [0.1, 0.15) is 0 Å². The van der Waals surface area contributed by atoms with Crippen LogP contribution in [0.4, 0.5) is 0 Å². The molecule has 5 nitrogen and oxygen atoms in total. The Hall–Kier alpha value is -2.44. The molecule has 0 atom stereocenters. The van der Waals surface area contributed by atoms with Crippen molar-refractivity contribution in [3.63, 3.8) is 0 Å². The van der Waals surface area contributed by atoms with Crippen molar-refractivity contribution in [1.29, 1.82) is 0 Å². The van der Waals surface area contributed by atoms with Crippen molar-refractivity contribution >= 4 is 22.0 Å². The Morgan fingerprint density at radius 3 is 2.27 bits per heavy atom. The normalized spacial score (nSPS) is 11.8. The summed E-state index contributed by atoms with van der Waals surface area (Å²) in [5.74, 6) is -0.344. The van der Waals surface area contributed by atoms with E-state index < -0.39 is 10.0 Å². The lowest BCUT2D eigenvalue weighted by atomic mass is 10.1. The number of carbonyl (C=O) groups excluding carboxylic acids is 1. The zero-order valence-corrected chi connectivity index (χ0v) is 15.8. The Bertz CT molecular complexity index is 860. The number of nitrogens with one attached hydrogen (secondary N) is 2. The van der Waals surface area contributed by atoms with E-state index in [1.54, 1.807) is 32.1 Å². The van der Waals surface area contributed by atoms with E-state index in [1.165, 1.54) is 6.08 Å². The van der Waals surface area contributed by atoms with Gasteiger partial charge in [0.05, 0.1) is 5.75 Å². The molecule has 0 spiro atoms. The Morgan fingerprint density at radius 2 is 1.62 bits per heavy atom. The van der Waals surface area contributed by atoms with Crippen molar-refractivity contribution in [1.82, 2.24) is 10.0 Å². The van der Waals surface area contributed by atoms with E-state index in [0.717, 1.165) is 11.1 Å². The van der Waals surface area contributed by atoms with Crippen LogP contribution in [0.2, 0.25) is 0 Å². The molecule has 2 aromatic rings. The van der Waals surface area contributed by atoms with E-state index in [0.29, 0.717) is 5.56 Å². The number of carbonyl (C=O) groups is 1. The third kappa shape index (κ3) is 6.82. The van der Waals surface area contributed by atoms with Crippen LogP contribution in [0, 0.1) is 0 Å². The van der Waals surface area contributed by atoms with Gasteiger partial charge >= 0.3 is 0 Å². The first-order chi connectivity index (χ1) is 12.4. The Morgan fingerprint density at radius 1 is 1.00 bits per heavy atom. The number of amides is 1. The maximum absolute atomic E-state index is 12.2. The molecule has 0 saturated carbocycles. The van der Waals surface area contributed by atoms with E-state index >= 15 is 0 Å². The third-order valence-electron chi connectivity index (χ3n) is 3.56. The second-order valence-electron chi connectivity index (χ2n) is 6.26. The smallest absolute Gasteiger partial charge is 0.244 e. The summed E-state index contributed by atoms with van der Waals surface area (Å²) in [6, 6.07) is 16.6. The highest BCUT2D eigenvalue weighted by Crippen LogP contribution is 2.12. The Balaban J connectivity index is 1.99. The topological polar surface area (TPSA) is 75.3 Å². The predicted molar refractivity (Wildman–Crippen MR) is 105 cm³/mol. The van der Waals surface area contributed by atoms with E-state index in [9.17, 15) is 13.2 Å². The van der Waals surface area contributed by atoms with E-state index in [-0.39, 0.29) is 24.2 Å². The van der Waals surface area contributed by atoms with Crippen LogP contribution >= 0.6 is 0 Å². The zero-order chi connectivity index (χ0) is 19.0. The summed E-state index contributed by atoms with van der Waals surface area (Å²) in [5, 5.41) is 2.80. The van der Waals surface area contributed by atoms with Gasteiger partial charge in [-0.2, -0.15) is 0 Å². The van der Waals surface area contributed by atoms with E-state index in [2.05, 4.69) is 10.0 Å². The van der Waals surface area contributed by atoms with Gasteiger partial charge in [-0.05, 0) is 36.6 Å². The summed E-state index contributed by atoms with van der Waals surface area (Å²) >= 11 is 0. The molecule has 1 amide bonds. The van der Waals surface area contributed by atoms with Gasteiger partial charge in [0.25, 0.3) is 0 Å². The lowest BCUT2D eigenvalue weighted by molar-refractivity contribution is -0.116. The Kier molecular flexibility index (Phi) is 7.12. The van der Waals surface area contributed by atoms with Crippen molar-refractivity contribution in [2.24, 2.45) is 0 Å². The minimum Gasteiger partial charge on any atom is -0.348 e. The van der Waals surface area contributed by atoms with Gasteiger partial charge < -0.3 is 5.32 Å². The highest BCUT2D eigenvalue weighted by atomic mass is 32.2. The average Bonchev–Trinajstić information content (AvgIpc) is 2.58. The highest BCUT2D eigenvalue weighted by molar-refractivity contribution is 7.88. The molecule has 0 heterocycles. The van der Waals surface area contributed by atoms with Crippen molar-refractivity contribution < 1.29 is 13.2 Å². The lowest BCUT2D eigenvalue weighted by Crippen LogP contribution is -2.31. The molecule has 0 fully saturated rings. The molecule has 26 heavy (non-hydrogen) atoms. The zero-order valence-electron chi connectivity index (χ0n) is 15.0. The summed E-state index contributed by atoms with van der Waals surface area (Å²) in [5.41, 5.74) is 2.39. The molecular weight excluding hydrogens is 348 g/mol. The van der Waals surface area contributed by atoms with Gasteiger partial charge in [-0.1, -0.05) is 54.6 Å². The second kappa shape index (κ2) is 9.31. The predicted octanol–water partition coefficient (Wildman–Crippen LogP) is 2.84. The monoisotopic (exact) mass is 372 g/mol. The van der Waals surface area contributed by atoms with Crippen molar-refractivity contribution in [2.75, 3.05) is 0 Å². The number of hydrogen-bond donors (Lipinski definition) is 2. The first-order valence-corrected chi connectivity index (χ1v) is 10.1. The molecule has 0 aliphatic heterocycles. The molecule has 0 saturated heterocycles. The number of rotatable bonds is 8. The average molecular weight is 372 g/mol. The second-order valence-corrected chi connectivity index (χ2v) is 8.02. The lowest BCUT2D eigenvalue weighted by Gasteiger charge is -2.13. The van der Waals surface area contributed by atoms with Crippen LogP contribution in [0.25, 0.3) is 6.08 Å². The fourth-order valence-electron chi connectivity index (χ4n) is 2.45. The van der Waals surface area contributed by atoms with Crippen LogP contribution in [0.3, 0.4) is 0 Å². The molecule has 2 rings (SSSR count). The molecule has 0 aromatic heterocycles. The van der Waals surface area contributed by atoms with Crippen LogP contribution in [0.1, 0.15) is 30.5 Å². The van der Waals surface area contributed by atoms with Crippen LogP contribution in [-0.2, 0) is 27.1 Å². The van der Waals surface area contributed by atoms with Crippen LogP contribution in [0.15, 0.2) is 60.7 Å². The van der Waals surface area contributed by atoms with Gasteiger partial charge in [-0.25, -0.2) is 13.1 Å². The summed E-state index contributed by atoms with van der Waals surface area (Å²) in [6.07, 6.45) is 3.20. The van der Waals surface area contributed by atoms with E-state index in [1.807, 2.05) is 42.5 Å². The number of hydrogen-bond acceptors (Lipinski definition) is 3. The molecule has 0 aliphatic rings. The van der Waals surface area contributed by atoms with Gasteiger partial charge in [0, 0.05) is 18.7 Å². The fourth-order valence-corrected chi connectivity index (χ4v) is 3.95. The van der Waals surface area contributed by atoms with Gasteiger partial charge in [0.2, 0.25) is 15.9 Å². The molecule has 0 radical (unpaired) electrons. The quantitative estimate of drug-likeness (QED) is 0.700. The van der Waals surface area contributed by atoms with Gasteiger partial charge in [0.15, 0.2) is 0 Å². The molecular formula is C20H24N2O3S. The Labute approximate surface area is 155 Å². The van der Waals surface area contributed by atoms with Gasteiger partial charge in [-0.3, -0.25) is 4.79 Å². The molecule has 0 unspecified atom stereocenters. The van der Waals surface area contributed by atoms with Crippen LogP contribution in [-0.4, -0.2) is 20.4 Å². The largest absolute Gasteiger partial charge is 0.348 e. The highest BCUT2D eigenvalue weighted by Gasteiger charge is 2.15. The number of benzene rings is 2. The maximum Gasteiger partial charge on any atom is 0.244 e. The molecule has 138 valence electrons. The summed E-state index contributed by atoms with van der Waals surface area (Å²) in [4.78, 5) is 12.0. The minimum absolute atomic E-state index is 0.114. The van der Waals surface area contributed by atoms with E-state index in [4.69, 9.17) is 0 Å². The molecule has 2 N–H and O–H groups in total. The minimum atomic E-state index is -3.42. The summed E-state index contributed by atoms with van der Waals surface area (Å²) < 4.78 is 26.9. The van der Waals surface area contributed by atoms with Gasteiger partial charge in [-0.15, -0.1) is 0 Å². The molecule has 2 aromatic carbocycles. The standard InChI is InChI=1S/C20H24N2O3S/c1-16(2)22-26(24,25)15-19-11-7-6-10-18(19)14-21-20(23)13-12-17-8-4-3-5-9-17/h3-13,16,22H,14-15H2,1-2H3,(H,21,23)/b13-12+. The maximum atomic E-state index is 12.2. The first kappa shape index (κ1) is 19.9. The fraction of sp³-hybridized carbons (Fsp3) is 0.250. The molecule has 0 bridgehead atoms. The van der Waals surface area contributed by atoms with Crippen LogP contribution in [0.5, 0.6) is 0 Å². The number of sulfonamides is 1.